The molecule has 58 valence electrons. The van der Waals surface area contributed by atoms with E-state index in [4.69, 9.17) is 23.2 Å². The van der Waals surface area contributed by atoms with Gasteiger partial charge in [0.1, 0.15) is 0 Å². The average Bonchev–Trinajstić information content (AvgIpc) is 1.86. The number of carbonyl (C=O) groups is 2. The van der Waals surface area contributed by atoms with E-state index in [0.29, 0.717) is 0 Å². The molecule has 0 aromatic carbocycles. The summed E-state index contributed by atoms with van der Waals surface area (Å²) in [6.07, 6.45) is 0. The number of rotatable bonds is 2. The van der Waals surface area contributed by atoms with Crippen molar-refractivity contribution < 1.29 is 14.3 Å². The molecular weight excluding hydrogens is 179 g/mol. The fourth-order valence-electron chi connectivity index (χ4n) is 0.272. The van der Waals surface area contributed by atoms with E-state index in [-0.39, 0.29) is 0 Å². The highest BCUT2D eigenvalue weighted by molar-refractivity contribution is 6.67. The van der Waals surface area contributed by atoms with Gasteiger partial charge in [0.25, 0.3) is 4.33 Å². The molecule has 0 spiro atoms. The largest absolute Gasteiger partial charge is 0.466 e. The Labute approximate surface area is 68.2 Å². The lowest BCUT2D eigenvalue weighted by atomic mass is 10.3. The smallest absolute Gasteiger partial charge is 0.350 e. The number of halogens is 2. The van der Waals surface area contributed by atoms with Gasteiger partial charge in [0.2, 0.25) is 0 Å². The molecule has 10 heavy (non-hydrogen) atoms. The van der Waals surface area contributed by atoms with Crippen LogP contribution in [0.5, 0.6) is 0 Å². The molecule has 0 unspecified atom stereocenters. The van der Waals surface area contributed by atoms with Crippen LogP contribution < -0.4 is 0 Å². The van der Waals surface area contributed by atoms with Crippen LogP contribution in [0.25, 0.3) is 0 Å². The summed E-state index contributed by atoms with van der Waals surface area (Å²) in [6.45, 7) is 1.11. The predicted octanol–water partition coefficient (Wildman–Crippen LogP) is 0.922. The van der Waals surface area contributed by atoms with Gasteiger partial charge < -0.3 is 4.74 Å². The predicted molar refractivity (Wildman–Crippen MR) is 37.1 cm³/mol. The first kappa shape index (κ1) is 9.72. The molecule has 0 aliphatic rings. The van der Waals surface area contributed by atoms with Gasteiger partial charge in [-0.1, -0.05) is 23.2 Å². The summed E-state index contributed by atoms with van der Waals surface area (Å²) < 4.78 is 2.11. The highest BCUT2D eigenvalue weighted by atomic mass is 35.5. The topological polar surface area (TPSA) is 43.4 Å². The van der Waals surface area contributed by atoms with Crippen molar-refractivity contribution in [1.29, 1.82) is 0 Å². The van der Waals surface area contributed by atoms with E-state index in [2.05, 4.69) is 4.74 Å². The van der Waals surface area contributed by atoms with Gasteiger partial charge in [0.15, 0.2) is 5.78 Å². The van der Waals surface area contributed by atoms with E-state index in [0.717, 1.165) is 14.0 Å². The van der Waals surface area contributed by atoms with Crippen molar-refractivity contribution in [3.63, 3.8) is 0 Å². The third-order valence-corrected chi connectivity index (χ3v) is 1.72. The Balaban J connectivity index is 4.40. The van der Waals surface area contributed by atoms with Crippen LogP contribution in [0.4, 0.5) is 0 Å². The molecule has 0 aliphatic heterocycles. The van der Waals surface area contributed by atoms with Gasteiger partial charge in [0.05, 0.1) is 7.11 Å². The SMILES string of the molecule is COC(=O)C(Cl)(Cl)C(C)=O. The van der Waals surface area contributed by atoms with Crippen molar-refractivity contribution in [2.75, 3.05) is 7.11 Å². The minimum Gasteiger partial charge on any atom is -0.466 e. The molecule has 0 aromatic heterocycles. The molecule has 0 rings (SSSR count). The molecule has 3 nitrogen and oxygen atoms in total. The van der Waals surface area contributed by atoms with Crippen molar-refractivity contribution in [3.8, 4) is 0 Å². The summed E-state index contributed by atoms with van der Waals surface area (Å²) >= 11 is 10.5. The molecule has 5 heteroatoms. The number of Topliss-reactive ketones (excluding diaryl/α,β-unsaturated/α-hetero) is 1. The number of alkyl halides is 2. The molecular formula is C5H6Cl2O3. The lowest BCUT2D eigenvalue weighted by molar-refractivity contribution is -0.144. The van der Waals surface area contributed by atoms with Crippen LogP contribution in [0.2, 0.25) is 0 Å². The Morgan fingerprint density at radius 2 is 1.80 bits per heavy atom. The van der Waals surface area contributed by atoms with Gasteiger partial charge in [-0.15, -0.1) is 0 Å². The lowest BCUT2D eigenvalue weighted by Crippen LogP contribution is -2.34. The van der Waals surface area contributed by atoms with Crippen molar-refractivity contribution >= 4 is 35.0 Å². The lowest BCUT2D eigenvalue weighted by Gasteiger charge is -2.11. The molecule has 0 saturated heterocycles. The maximum absolute atomic E-state index is 10.6. The molecule has 0 heterocycles. The Morgan fingerprint density at radius 1 is 1.40 bits per heavy atom. The summed E-state index contributed by atoms with van der Waals surface area (Å²) in [5.74, 6) is -1.61. The molecule has 0 aromatic rings. The first-order valence-corrected chi connectivity index (χ1v) is 3.15. The average molecular weight is 185 g/mol. The van der Waals surface area contributed by atoms with Gasteiger partial charge in [-0.3, -0.25) is 4.79 Å². The van der Waals surface area contributed by atoms with Crippen LogP contribution in [0.3, 0.4) is 0 Å². The Hall–Kier alpha value is -0.280. The second kappa shape index (κ2) is 3.21. The van der Waals surface area contributed by atoms with Gasteiger partial charge >= 0.3 is 5.97 Å². The second-order valence-electron chi connectivity index (χ2n) is 1.62. The quantitative estimate of drug-likeness (QED) is 0.365. The minimum absolute atomic E-state index is 0.650. The van der Waals surface area contributed by atoms with Gasteiger partial charge in [-0.25, -0.2) is 4.79 Å². The Bertz CT molecular complexity index is 164. The number of esters is 1. The van der Waals surface area contributed by atoms with Crippen LogP contribution in [-0.2, 0) is 14.3 Å². The van der Waals surface area contributed by atoms with Crippen molar-refractivity contribution in [2.24, 2.45) is 0 Å². The summed E-state index contributed by atoms with van der Waals surface area (Å²) in [5.41, 5.74) is 0. The number of methoxy groups -OCH3 is 1. The van der Waals surface area contributed by atoms with Crippen molar-refractivity contribution in [1.82, 2.24) is 0 Å². The fourth-order valence-corrected chi connectivity index (χ4v) is 0.426. The molecule has 0 N–H and O–H groups in total. The van der Waals surface area contributed by atoms with E-state index in [9.17, 15) is 9.59 Å². The fraction of sp³-hybridized carbons (Fsp3) is 0.600. The Kier molecular flexibility index (Phi) is 3.12. The normalized spacial score (nSPS) is 10.8. The maximum atomic E-state index is 10.6. The van der Waals surface area contributed by atoms with E-state index >= 15 is 0 Å². The minimum atomic E-state index is -2.05. The zero-order chi connectivity index (χ0) is 8.36. The highest BCUT2D eigenvalue weighted by Crippen LogP contribution is 2.23. The first-order chi connectivity index (χ1) is 4.42. The van der Waals surface area contributed by atoms with Crippen LogP contribution >= 0.6 is 23.2 Å². The molecule has 0 radical (unpaired) electrons. The molecule has 0 saturated carbocycles. The number of hydrogen-bond donors (Lipinski definition) is 0. The number of ketones is 1. The molecule has 0 fully saturated rings. The van der Waals surface area contributed by atoms with E-state index in [1.165, 1.54) is 0 Å². The van der Waals surface area contributed by atoms with Crippen LogP contribution in [0.1, 0.15) is 6.92 Å². The molecule has 0 aliphatic carbocycles. The maximum Gasteiger partial charge on any atom is 0.350 e. The van der Waals surface area contributed by atoms with Crippen LogP contribution in [-0.4, -0.2) is 23.2 Å². The molecule has 0 amide bonds. The van der Waals surface area contributed by atoms with Crippen LogP contribution in [0.15, 0.2) is 0 Å². The number of ether oxygens (including phenoxy) is 1. The first-order valence-electron chi connectivity index (χ1n) is 2.40. The zero-order valence-corrected chi connectivity index (χ0v) is 6.99. The standard InChI is InChI=1S/C5H6Cl2O3/c1-3(8)5(6,7)4(9)10-2/h1-2H3. The zero-order valence-electron chi connectivity index (χ0n) is 5.48. The summed E-state index contributed by atoms with van der Waals surface area (Å²) in [6, 6.07) is 0. The third-order valence-electron chi connectivity index (χ3n) is 0.884. The van der Waals surface area contributed by atoms with Crippen molar-refractivity contribution in [3.05, 3.63) is 0 Å². The summed E-state index contributed by atoms with van der Waals surface area (Å²) in [4.78, 5) is 21.1. The van der Waals surface area contributed by atoms with E-state index in [1.54, 1.807) is 0 Å². The van der Waals surface area contributed by atoms with Gasteiger partial charge in [-0.2, -0.15) is 0 Å². The van der Waals surface area contributed by atoms with E-state index in [1.807, 2.05) is 0 Å². The summed E-state index contributed by atoms with van der Waals surface area (Å²) in [7, 11) is 1.10. The van der Waals surface area contributed by atoms with E-state index < -0.39 is 16.1 Å². The van der Waals surface area contributed by atoms with Crippen LogP contribution in [0, 0.1) is 0 Å². The molecule has 0 atom stereocenters. The summed E-state index contributed by atoms with van der Waals surface area (Å²) in [5, 5.41) is 0. The number of hydrogen-bond acceptors (Lipinski definition) is 3. The third kappa shape index (κ3) is 1.85. The van der Waals surface area contributed by atoms with Crippen molar-refractivity contribution in [2.45, 2.75) is 11.3 Å². The van der Waals surface area contributed by atoms with Gasteiger partial charge in [-0.05, 0) is 6.92 Å². The Morgan fingerprint density at radius 3 is 1.90 bits per heavy atom. The molecule has 0 bridgehead atoms. The number of carbonyl (C=O) groups excluding carboxylic acids is 2. The van der Waals surface area contributed by atoms with Gasteiger partial charge in [0, 0.05) is 0 Å². The highest BCUT2D eigenvalue weighted by Gasteiger charge is 2.40. The second-order valence-corrected chi connectivity index (χ2v) is 2.95. The monoisotopic (exact) mass is 184 g/mol.